The normalized spacial score (nSPS) is 16.5. The van der Waals surface area contributed by atoms with E-state index in [4.69, 9.17) is 4.42 Å². The van der Waals surface area contributed by atoms with E-state index in [1.165, 1.54) is 32.8 Å². The number of furan rings is 1. The molecule has 0 N–H and O–H groups in total. The van der Waals surface area contributed by atoms with Crippen molar-refractivity contribution in [1.29, 1.82) is 0 Å². The number of fused-ring (bicyclic) bond motifs is 6. The lowest BCUT2D eigenvalue weighted by molar-refractivity contribution is 0.364. The molecule has 0 saturated heterocycles. The van der Waals surface area contributed by atoms with Crippen LogP contribution in [0.25, 0.3) is 33.1 Å². The second-order valence-corrected chi connectivity index (χ2v) is 7.93. The van der Waals surface area contributed by atoms with Gasteiger partial charge in [-0.15, -0.1) is 0 Å². The smallest absolute Gasteiger partial charge is 0.139 e. The summed E-state index contributed by atoms with van der Waals surface area (Å²) in [5, 5.41) is 3.77. The van der Waals surface area contributed by atoms with Gasteiger partial charge in [0, 0.05) is 22.4 Å². The van der Waals surface area contributed by atoms with E-state index in [-0.39, 0.29) is 5.41 Å². The highest BCUT2D eigenvalue weighted by Crippen LogP contribution is 2.56. The zero-order valence-electron chi connectivity index (χ0n) is 14.3. The van der Waals surface area contributed by atoms with Gasteiger partial charge < -0.3 is 4.42 Å². The molecule has 0 bridgehead atoms. The molecule has 118 valence electrons. The molecule has 1 atom stereocenters. The molecule has 4 aromatic rings. The third kappa shape index (κ3) is 1.76. The maximum Gasteiger partial charge on any atom is 0.139 e. The van der Waals surface area contributed by atoms with E-state index < -0.39 is 0 Å². The van der Waals surface area contributed by atoms with Gasteiger partial charge >= 0.3 is 0 Å². The summed E-state index contributed by atoms with van der Waals surface area (Å²) in [5.41, 5.74) is 5.16. The Bertz CT molecular complexity index is 1090. The van der Waals surface area contributed by atoms with E-state index >= 15 is 0 Å². The number of hydrogen-bond acceptors (Lipinski definition) is 1. The SMILES string of the molecule is CC(C)(C)[C@H]1c2ccccc2-c2oc3cc4ccccc4cc3c21. The third-order valence-electron chi connectivity index (χ3n) is 5.27. The maximum atomic E-state index is 6.37. The molecule has 3 aromatic carbocycles. The maximum absolute atomic E-state index is 6.37. The summed E-state index contributed by atoms with van der Waals surface area (Å²) in [7, 11) is 0. The van der Waals surface area contributed by atoms with Gasteiger partial charge in [-0.25, -0.2) is 0 Å². The highest BCUT2D eigenvalue weighted by molar-refractivity contribution is 6.01. The first kappa shape index (κ1) is 13.9. The summed E-state index contributed by atoms with van der Waals surface area (Å²) in [6.07, 6.45) is 0. The van der Waals surface area contributed by atoms with Gasteiger partial charge in [0.15, 0.2) is 0 Å². The van der Waals surface area contributed by atoms with Crippen LogP contribution >= 0.6 is 0 Å². The molecule has 1 heteroatoms. The molecular weight excluding hydrogens is 292 g/mol. The van der Waals surface area contributed by atoms with Crippen molar-refractivity contribution in [2.45, 2.75) is 26.7 Å². The lowest BCUT2D eigenvalue weighted by Crippen LogP contribution is -2.17. The monoisotopic (exact) mass is 312 g/mol. The van der Waals surface area contributed by atoms with Crippen molar-refractivity contribution in [2.75, 3.05) is 0 Å². The molecule has 1 aliphatic carbocycles. The Morgan fingerprint density at radius 2 is 1.50 bits per heavy atom. The minimum atomic E-state index is 0.143. The van der Waals surface area contributed by atoms with E-state index in [9.17, 15) is 0 Å². The zero-order valence-corrected chi connectivity index (χ0v) is 14.3. The molecule has 24 heavy (non-hydrogen) atoms. The first-order valence-corrected chi connectivity index (χ1v) is 8.58. The largest absolute Gasteiger partial charge is 0.456 e. The average Bonchev–Trinajstić information content (AvgIpc) is 3.06. The van der Waals surface area contributed by atoms with Gasteiger partial charge in [0.25, 0.3) is 0 Å². The molecule has 0 saturated carbocycles. The standard InChI is InChI=1S/C23H20O/c1-23(2,3)21-16-10-6-7-11-17(16)22-20(21)18-12-14-8-4-5-9-15(14)13-19(18)24-22/h4-13,21H,1-3H3/t21-/m0/s1. The Balaban J connectivity index is 1.91. The van der Waals surface area contributed by atoms with Crippen molar-refractivity contribution < 1.29 is 4.42 Å². The van der Waals surface area contributed by atoms with Gasteiger partial charge in [-0.2, -0.15) is 0 Å². The van der Waals surface area contributed by atoms with Gasteiger partial charge in [-0.05, 0) is 33.9 Å². The van der Waals surface area contributed by atoms with Crippen LogP contribution in [0, 0.1) is 5.41 Å². The summed E-state index contributed by atoms with van der Waals surface area (Å²) in [4.78, 5) is 0. The zero-order chi connectivity index (χ0) is 16.5. The average molecular weight is 312 g/mol. The van der Waals surface area contributed by atoms with Gasteiger partial charge in [-0.1, -0.05) is 69.3 Å². The molecule has 0 fully saturated rings. The van der Waals surface area contributed by atoms with Gasteiger partial charge in [0.2, 0.25) is 0 Å². The van der Waals surface area contributed by atoms with Crippen molar-refractivity contribution in [3.8, 4) is 11.3 Å². The first-order chi connectivity index (χ1) is 11.5. The van der Waals surface area contributed by atoms with Gasteiger partial charge in [0.1, 0.15) is 11.3 Å². The summed E-state index contributed by atoms with van der Waals surface area (Å²) in [5.74, 6) is 1.43. The minimum absolute atomic E-state index is 0.143. The lowest BCUT2D eigenvalue weighted by Gasteiger charge is -2.28. The second-order valence-electron chi connectivity index (χ2n) is 7.93. The van der Waals surface area contributed by atoms with Crippen LogP contribution in [0.2, 0.25) is 0 Å². The van der Waals surface area contributed by atoms with Crippen molar-refractivity contribution in [3.05, 3.63) is 71.8 Å². The Labute approximate surface area is 141 Å². The highest BCUT2D eigenvalue weighted by Gasteiger charge is 2.40. The first-order valence-electron chi connectivity index (χ1n) is 8.58. The molecule has 0 unspecified atom stereocenters. The summed E-state index contributed by atoms with van der Waals surface area (Å²) in [6.45, 7) is 6.97. The van der Waals surface area contributed by atoms with Crippen LogP contribution in [0.4, 0.5) is 0 Å². The molecule has 0 spiro atoms. The van der Waals surface area contributed by atoms with E-state index in [2.05, 4.69) is 81.4 Å². The number of hydrogen-bond donors (Lipinski definition) is 0. The molecule has 1 aliphatic rings. The van der Waals surface area contributed by atoms with E-state index in [1.807, 2.05) is 0 Å². The van der Waals surface area contributed by atoms with Crippen LogP contribution < -0.4 is 0 Å². The predicted molar refractivity (Wildman–Crippen MR) is 100 cm³/mol. The van der Waals surface area contributed by atoms with Crippen molar-refractivity contribution >= 4 is 21.7 Å². The minimum Gasteiger partial charge on any atom is -0.456 e. The fourth-order valence-electron chi connectivity index (χ4n) is 4.30. The van der Waals surface area contributed by atoms with Crippen LogP contribution in [-0.2, 0) is 0 Å². The van der Waals surface area contributed by atoms with Crippen molar-refractivity contribution in [1.82, 2.24) is 0 Å². The molecule has 1 heterocycles. The number of benzene rings is 3. The summed E-state index contributed by atoms with van der Waals surface area (Å²) in [6, 6.07) is 21.7. The third-order valence-corrected chi connectivity index (χ3v) is 5.27. The van der Waals surface area contributed by atoms with Crippen LogP contribution in [0.3, 0.4) is 0 Å². The molecule has 0 radical (unpaired) electrons. The van der Waals surface area contributed by atoms with Crippen molar-refractivity contribution in [3.63, 3.8) is 0 Å². The molecule has 0 amide bonds. The molecule has 1 nitrogen and oxygen atoms in total. The van der Waals surface area contributed by atoms with Crippen LogP contribution in [0.1, 0.15) is 37.8 Å². The van der Waals surface area contributed by atoms with Crippen molar-refractivity contribution in [2.24, 2.45) is 5.41 Å². The second kappa shape index (κ2) is 4.51. The Morgan fingerprint density at radius 1 is 0.833 bits per heavy atom. The molecule has 0 aliphatic heterocycles. The Kier molecular flexibility index (Phi) is 2.60. The predicted octanol–water partition coefficient (Wildman–Crippen LogP) is 6.74. The lowest BCUT2D eigenvalue weighted by atomic mass is 9.74. The Morgan fingerprint density at radius 3 is 2.25 bits per heavy atom. The highest BCUT2D eigenvalue weighted by atomic mass is 16.3. The molecule has 5 rings (SSSR count). The summed E-state index contributed by atoms with van der Waals surface area (Å²) >= 11 is 0. The quantitative estimate of drug-likeness (QED) is 0.350. The van der Waals surface area contributed by atoms with Gasteiger partial charge in [0.05, 0.1) is 0 Å². The Hall–Kier alpha value is -2.54. The van der Waals surface area contributed by atoms with Crippen LogP contribution in [0.5, 0.6) is 0 Å². The number of rotatable bonds is 0. The van der Waals surface area contributed by atoms with E-state index in [0.717, 1.165) is 11.3 Å². The van der Waals surface area contributed by atoms with E-state index in [1.54, 1.807) is 0 Å². The van der Waals surface area contributed by atoms with Crippen LogP contribution in [-0.4, -0.2) is 0 Å². The van der Waals surface area contributed by atoms with E-state index in [0.29, 0.717) is 5.92 Å². The topological polar surface area (TPSA) is 13.1 Å². The molecule has 1 aromatic heterocycles. The van der Waals surface area contributed by atoms with Crippen LogP contribution in [0.15, 0.2) is 65.1 Å². The summed E-state index contributed by atoms with van der Waals surface area (Å²) < 4.78 is 6.37. The van der Waals surface area contributed by atoms with Gasteiger partial charge in [-0.3, -0.25) is 0 Å². The molecular formula is C23H20O. The fraction of sp³-hybridized carbons (Fsp3) is 0.217. The fourth-order valence-corrected chi connectivity index (χ4v) is 4.30.